The predicted molar refractivity (Wildman–Crippen MR) is 82.5 cm³/mol. The first-order chi connectivity index (χ1) is 11.1. The van der Waals surface area contributed by atoms with Gasteiger partial charge in [0.2, 0.25) is 11.8 Å². The molecule has 0 saturated carbocycles. The Morgan fingerprint density at radius 2 is 2.00 bits per heavy atom. The molecule has 0 aromatic carbocycles. The zero-order valence-corrected chi connectivity index (χ0v) is 12.8. The van der Waals surface area contributed by atoms with E-state index in [1.54, 1.807) is 29.3 Å². The molecule has 2 aliphatic rings. The number of hydrogen-bond donors (Lipinski definition) is 2. The Morgan fingerprint density at radius 1 is 1.22 bits per heavy atom. The fraction of sp³-hybridized carbons (Fsp3) is 0.500. The van der Waals surface area contributed by atoms with E-state index in [0.717, 1.165) is 0 Å². The van der Waals surface area contributed by atoms with Crippen molar-refractivity contribution in [2.24, 2.45) is 0 Å². The summed E-state index contributed by atoms with van der Waals surface area (Å²) in [5.74, 6) is -0.246. The van der Waals surface area contributed by atoms with E-state index in [1.165, 1.54) is 0 Å². The fourth-order valence-electron chi connectivity index (χ4n) is 3.02. The molecule has 1 aromatic rings. The molecule has 3 heterocycles. The van der Waals surface area contributed by atoms with Crippen LogP contribution in [0.1, 0.15) is 36.2 Å². The van der Waals surface area contributed by atoms with E-state index in [9.17, 15) is 14.4 Å². The SMILES string of the molecule is O=C1CCC(C(=O)N2CCC(NC(=O)c3ccccn3)CC2)N1. The van der Waals surface area contributed by atoms with Gasteiger partial charge in [-0.15, -0.1) is 0 Å². The first-order valence-corrected chi connectivity index (χ1v) is 7.93. The van der Waals surface area contributed by atoms with Crippen molar-refractivity contribution in [3.8, 4) is 0 Å². The van der Waals surface area contributed by atoms with Gasteiger partial charge in [-0.3, -0.25) is 19.4 Å². The van der Waals surface area contributed by atoms with Gasteiger partial charge >= 0.3 is 0 Å². The molecule has 1 aromatic heterocycles. The van der Waals surface area contributed by atoms with Crippen molar-refractivity contribution >= 4 is 17.7 Å². The minimum absolute atomic E-state index is 0.00893. The molecule has 0 bridgehead atoms. The number of amides is 3. The highest BCUT2D eigenvalue weighted by molar-refractivity contribution is 5.92. The van der Waals surface area contributed by atoms with E-state index < -0.39 is 0 Å². The van der Waals surface area contributed by atoms with Gasteiger partial charge in [-0.2, -0.15) is 0 Å². The summed E-state index contributed by atoms with van der Waals surface area (Å²) in [5.41, 5.74) is 0.402. The highest BCUT2D eigenvalue weighted by atomic mass is 16.2. The molecule has 3 amide bonds. The summed E-state index contributed by atoms with van der Waals surface area (Å²) in [6.45, 7) is 1.19. The number of hydrogen-bond acceptors (Lipinski definition) is 4. The first kappa shape index (κ1) is 15.5. The van der Waals surface area contributed by atoms with E-state index in [1.807, 2.05) is 0 Å². The van der Waals surface area contributed by atoms with Crippen molar-refractivity contribution in [3.63, 3.8) is 0 Å². The number of aromatic nitrogens is 1. The largest absolute Gasteiger partial charge is 0.348 e. The first-order valence-electron chi connectivity index (χ1n) is 7.93. The Labute approximate surface area is 134 Å². The van der Waals surface area contributed by atoms with Gasteiger partial charge in [0.05, 0.1) is 0 Å². The average Bonchev–Trinajstić information content (AvgIpc) is 3.02. The topological polar surface area (TPSA) is 91.4 Å². The summed E-state index contributed by atoms with van der Waals surface area (Å²) in [7, 11) is 0. The smallest absolute Gasteiger partial charge is 0.270 e. The molecule has 0 aliphatic carbocycles. The van der Waals surface area contributed by atoms with Crippen LogP contribution in [-0.4, -0.2) is 52.8 Å². The van der Waals surface area contributed by atoms with E-state index in [0.29, 0.717) is 44.5 Å². The van der Waals surface area contributed by atoms with Crippen LogP contribution in [0.3, 0.4) is 0 Å². The second-order valence-electron chi connectivity index (χ2n) is 5.95. The van der Waals surface area contributed by atoms with Crippen LogP contribution in [0.25, 0.3) is 0 Å². The summed E-state index contributed by atoms with van der Waals surface area (Å²) in [4.78, 5) is 41.4. The van der Waals surface area contributed by atoms with Gasteiger partial charge in [-0.1, -0.05) is 6.07 Å². The van der Waals surface area contributed by atoms with Gasteiger partial charge in [-0.05, 0) is 31.4 Å². The normalized spacial score (nSPS) is 21.8. The van der Waals surface area contributed by atoms with Crippen LogP contribution in [0.5, 0.6) is 0 Å². The van der Waals surface area contributed by atoms with Crippen molar-refractivity contribution < 1.29 is 14.4 Å². The Bertz CT molecular complexity index is 597. The summed E-state index contributed by atoms with van der Waals surface area (Å²) in [5, 5.41) is 5.67. The molecule has 0 spiro atoms. The van der Waals surface area contributed by atoms with Gasteiger partial charge < -0.3 is 15.5 Å². The number of pyridine rings is 1. The second kappa shape index (κ2) is 6.76. The van der Waals surface area contributed by atoms with E-state index in [4.69, 9.17) is 0 Å². The van der Waals surface area contributed by atoms with Crippen molar-refractivity contribution in [3.05, 3.63) is 30.1 Å². The molecule has 1 unspecified atom stereocenters. The van der Waals surface area contributed by atoms with Crippen LogP contribution in [-0.2, 0) is 9.59 Å². The third-order valence-electron chi connectivity index (χ3n) is 4.33. The Kier molecular flexibility index (Phi) is 4.55. The van der Waals surface area contributed by atoms with Gasteiger partial charge in [0.15, 0.2) is 0 Å². The average molecular weight is 316 g/mol. The lowest BCUT2D eigenvalue weighted by Crippen LogP contribution is -2.51. The third kappa shape index (κ3) is 3.67. The predicted octanol–water partition coefficient (Wildman–Crippen LogP) is 0.0810. The maximum atomic E-state index is 12.3. The lowest BCUT2D eigenvalue weighted by Gasteiger charge is -2.33. The molecule has 23 heavy (non-hydrogen) atoms. The lowest BCUT2D eigenvalue weighted by molar-refractivity contribution is -0.135. The van der Waals surface area contributed by atoms with Crippen LogP contribution >= 0.6 is 0 Å². The molecule has 2 aliphatic heterocycles. The number of carbonyl (C=O) groups is 3. The Balaban J connectivity index is 1.48. The summed E-state index contributed by atoms with van der Waals surface area (Å²) >= 11 is 0. The standard InChI is InChI=1S/C16H20N4O3/c21-14-5-4-13(19-14)16(23)20-9-6-11(7-10-20)18-15(22)12-3-1-2-8-17-12/h1-3,8,11,13H,4-7,9-10H2,(H,18,22)(H,19,21). The van der Waals surface area contributed by atoms with Crippen molar-refractivity contribution in [2.75, 3.05) is 13.1 Å². The van der Waals surface area contributed by atoms with Crippen LogP contribution in [0.15, 0.2) is 24.4 Å². The van der Waals surface area contributed by atoms with Crippen molar-refractivity contribution in [1.82, 2.24) is 20.5 Å². The summed E-state index contributed by atoms with van der Waals surface area (Å²) in [6, 6.07) is 4.90. The summed E-state index contributed by atoms with van der Waals surface area (Å²) in [6.07, 6.45) is 4.02. The van der Waals surface area contributed by atoms with E-state index >= 15 is 0 Å². The molecule has 2 fully saturated rings. The van der Waals surface area contributed by atoms with Crippen LogP contribution < -0.4 is 10.6 Å². The van der Waals surface area contributed by atoms with Crippen molar-refractivity contribution in [1.29, 1.82) is 0 Å². The molecule has 1 atom stereocenters. The fourth-order valence-corrected chi connectivity index (χ4v) is 3.02. The van der Waals surface area contributed by atoms with Gasteiger partial charge in [0.1, 0.15) is 11.7 Å². The quantitative estimate of drug-likeness (QED) is 0.826. The molecular weight excluding hydrogens is 296 g/mol. The number of likely N-dealkylation sites (tertiary alicyclic amines) is 1. The van der Waals surface area contributed by atoms with Gasteiger partial charge in [0.25, 0.3) is 5.91 Å². The van der Waals surface area contributed by atoms with E-state index in [2.05, 4.69) is 15.6 Å². The number of piperidine rings is 1. The third-order valence-corrected chi connectivity index (χ3v) is 4.33. The molecular formula is C16H20N4O3. The number of carbonyl (C=O) groups excluding carboxylic acids is 3. The maximum Gasteiger partial charge on any atom is 0.270 e. The Hall–Kier alpha value is -2.44. The molecule has 0 radical (unpaired) electrons. The minimum atomic E-state index is -0.373. The number of nitrogens with zero attached hydrogens (tertiary/aromatic N) is 2. The molecule has 7 nitrogen and oxygen atoms in total. The Morgan fingerprint density at radius 3 is 2.61 bits per heavy atom. The van der Waals surface area contributed by atoms with Crippen LogP contribution in [0.4, 0.5) is 0 Å². The monoisotopic (exact) mass is 316 g/mol. The van der Waals surface area contributed by atoms with Gasteiger partial charge in [-0.25, -0.2) is 0 Å². The van der Waals surface area contributed by atoms with Gasteiger partial charge in [0, 0.05) is 31.7 Å². The molecule has 3 rings (SSSR count). The molecule has 2 saturated heterocycles. The number of rotatable bonds is 3. The van der Waals surface area contributed by atoms with Crippen LogP contribution in [0.2, 0.25) is 0 Å². The number of nitrogens with one attached hydrogen (secondary N) is 2. The van der Waals surface area contributed by atoms with E-state index in [-0.39, 0.29) is 29.8 Å². The van der Waals surface area contributed by atoms with Crippen LogP contribution in [0, 0.1) is 0 Å². The maximum absolute atomic E-state index is 12.3. The second-order valence-corrected chi connectivity index (χ2v) is 5.95. The highest BCUT2D eigenvalue weighted by Crippen LogP contribution is 2.15. The summed E-state index contributed by atoms with van der Waals surface area (Å²) < 4.78 is 0. The highest BCUT2D eigenvalue weighted by Gasteiger charge is 2.32. The zero-order chi connectivity index (χ0) is 16.2. The minimum Gasteiger partial charge on any atom is -0.348 e. The molecule has 122 valence electrons. The molecule has 2 N–H and O–H groups in total. The zero-order valence-electron chi connectivity index (χ0n) is 12.8. The van der Waals surface area contributed by atoms with Crippen molar-refractivity contribution in [2.45, 2.75) is 37.8 Å². The molecule has 7 heteroatoms. The lowest BCUT2D eigenvalue weighted by atomic mass is 10.0.